The van der Waals surface area contributed by atoms with E-state index in [1.165, 1.54) is 53.0 Å². The van der Waals surface area contributed by atoms with Crippen LogP contribution in [0.5, 0.6) is 0 Å². The molecule has 0 spiro atoms. The normalized spacial score (nSPS) is 29.9. The van der Waals surface area contributed by atoms with Crippen molar-refractivity contribution in [2.24, 2.45) is 5.92 Å². The maximum atomic E-state index is 5.01. The van der Waals surface area contributed by atoms with E-state index in [9.17, 15) is 0 Å². The molecular formula is C19H27N3S. The van der Waals surface area contributed by atoms with Crippen LogP contribution in [-0.2, 0) is 0 Å². The Morgan fingerprint density at radius 1 is 1.26 bits per heavy atom. The standard InChI is InChI=1S/C19H27N3S/c1-13-5-7-16(20-11-13)14-6-8-18-17(10-14)21-19(23-18)15-4-3-9-22(2)12-15/h6,8,10,13,15-16,20H,3-5,7,9,11-12H2,1-2H3/t13-,15?,16+/m0/s1. The molecule has 1 aromatic carbocycles. The second kappa shape index (κ2) is 6.50. The first-order valence-electron chi connectivity index (χ1n) is 9.01. The topological polar surface area (TPSA) is 28.2 Å². The van der Waals surface area contributed by atoms with Crippen LogP contribution in [0.15, 0.2) is 18.2 Å². The maximum absolute atomic E-state index is 5.01. The molecule has 2 aromatic rings. The SMILES string of the molecule is C[C@H]1CC[C@H](c2ccc3sc(C4CCCN(C)C4)nc3c2)NC1. The summed E-state index contributed by atoms with van der Waals surface area (Å²) < 4.78 is 1.35. The molecule has 1 aromatic heterocycles. The number of thiazole rings is 1. The Bertz CT molecular complexity index is 672. The van der Waals surface area contributed by atoms with Crippen LogP contribution < -0.4 is 5.32 Å². The Labute approximate surface area is 143 Å². The zero-order valence-electron chi connectivity index (χ0n) is 14.2. The molecule has 4 heteroatoms. The van der Waals surface area contributed by atoms with E-state index >= 15 is 0 Å². The van der Waals surface area contributed by atoms with E-state index < -0.39 is 0 Å². The van der Waals surface area contributed by atoms with Gasteiger partial charge >= 0.3 is 0 Å². The van der Waals surface area contributed by atoms with Crippen LogP contribution in [0.4, 0.5) is 0 Å². The van der Waals surface area contributed by atoms with E-state index in [1.54, 1.807) is 0 Å². The van der Waals surface area contributed by atoms with Crippen LogP contribution in [0.1, 0.15) is 55.1 Å². The van der Waals surface area contributed by atoms with Crippen LogP contribution in [-0.4, -0.2) is 36.6 Å². The van der Waals surface area contributed by atoms with E-state index in [1.807, 2.05) is 11.3 Å². The van der Waals surface area contributed by atoms with E-state index in [2.05, 4.69) is 42.4 Å². The third kappa shape index (κ3) is 3.30. The van der Waals surface area contributed by atoms with Crippen molar-refractivity contribution in [2.45, 2.75) is 44.6 Å². The van der Waals surface area contributed by atoms with Crippen LogP contribution >= 0.6 is 11.3 Å². The summed E-state index contributed by atoms with van der Waals surface area (Å²) in [5.41, 5.74) is 2.62. The van der Waals surface area contributed by atoms with E-state index in [0.717, 1.165) is 19.0 Å². The van der Waals surface area contributed by atoms with Gasteiger partial charge in [0.25, 0.3) is 0 Å². The summed E-state index contributed by atoms with van der Waals surface area (Å²) in [6.07, 6.45) is 5.16. The predicted molar refractivity (Wildman–Crippen MR) is 98.2 cm³/mol. The van der Waals surface area contributed by atoms with Crippen molar-refractivity contribution in [1.82, 2.24) is 15.2 Å². The first-order valence-corrected chi connectivity index (χ1v) is 9.83. The van der Waals surface area contributed by atoms with Gasteiger partial charge in [-0.3, -0.25) is 0 Å². The van der Waals surface area contributed by atoms with Crippen LogP contribution in [0.3, 0.4) is 0 Å². The van der Waals surface area contributed by atoms with E-state index in [0.29, 0.717) is 12.0 Å². The number of benzene rings is 1. The summed E-state index contributed by atoms with van der Waals surface area (Å²) >= 11 is 1.90. The average Bonchev–Trinajstić information content (AvgIpc) is 2.99. The highest BCUT2D eigenvalue weighted by molar-refractivity contribution is 7.18. The summed E-state index contributed by atoms with van der Waals surface area (Å²) in [7, 11) is 2.23. The minimum Gasteiger partial charge on any atom is -0.310 e. The highest BCUT2D eigenvalue weighted by atomic mass is 32.1. The van der Waals surface area contributed by atoms with Gasteiger partial charge in [-0.15, -0.1) is 11.3 Å². The lowest BCUT2D eigenvalue weighted by Gasteiger charge is -2.28. The van der Waals surface area contributed by atoms with Gasteiger partial charge in [0.2, 0.25) is 0 Å². The van der Waals surface area contributed by atoms with Crippen molar-refractivity contribution in [1.29, 1.82) is 0 Å². The fourth-order valence-electron chi connectivity index (χ4n) is 4.00. The molecule has 1 N–H and O–H groups in total. The van der Waals surface area contributed by atoms with Crippen molar-refractivity contribution in [3.63, 3.8) is 0 Å². The summed E-state index contributed by atoms with van der Waals surface area (Å²) in [5.74, 6) is 1.44. The number of likely N-dealkylation sites (N-methyl/N-ethyl adjacent to an activating group) is 1. The summed E-state index contributed by atoms with van der Waals surface area (Å²) in [6, 6.07) is 7.44. The molecule has 124 valence electrons. The Hall–Kier alpha value is -0.970. The van der Waals surface area contributed by atoms with Crippen LogP contribution in [0.25, 0.3) is 10.2 Å². The van der Waals surface area contributed by atoms with Crippen LogP contribution in [0.2, 0.25) is 0 Å². The second-order valence-electron chi connectivity index (χ2n) is 7.52. The number of piperidine rings is 2. The fraction of sp³-hybridized carbons (Fsp3) is 0.632. The largest absolute Gasteiger partial charge is 0.310 e. The molecular weight excluding hydrogens is 302 g/mol. The molecule has 3 atom stereocenters. The van der Waals surface area contributed by atoms with Gasteiger partial charge in [0.15, 0.2) is 0 Å². The number of nitrogens with one attached hydrogen (secondary N) is 1. The smallest absolute Gasteiger partial charge is 0.0982 e. The van der Waals surface area contributed by atoms with Crippen molar-refractivity contribution < 1.29 is 0 Å². The Kier molecular flexibility index (Phi) is 4.39. The van der Waals surface area contributed by atoms with Crippen molar-refractivity contribution in [3.8, 4) is 0 Å². The van der Waals surface area contributed by atoms with Crippen molar-refractivity contribution in [2.75, 3.05) is 26.7 Å². The zero-order valence-corrected chi connectivity index (χ0v) is 15.0. The number of rotatable bonds is 2. The molecule has 3 nitrogen and oxygen atoms in total. The molecule has 4 rings (SSSR count). The number of hydrogen-bond acceptors (Lipinski definition) is 4. The second-order valence-corrected chi connectivity index (χ2v) is 8.59. The highest BCUT2D eigenvalue weighted by Crippen LogP contribution is 2.34. The number of nitrogens with zero attached hydrogens (tertiary/aromatic N) is 2. The first kappa shape index (κ1) is 15.6. The number of likely N-dealkylation sites (tertiary alicyclic amines) is 1. The van der Waals surface area contributed by atoms with Gasteiger partial charge in [-0.05, 0) is 69.4 Å². The van der Waals surface area contributed by atoms with Gasteiger partial charge in [0.1, 0.15) is 0 Å². The lowest BCUT2D eigenvalue weighted by Crippen LogP contribution is -2.31. The summed E-state index contributed by atoms with van der Waals surface area (Å²) in [4.78, 5) is 7.45. The molecule has 0 aliphatic carbocycles. The molecule has 0 saturated carbocycles. The highest BCUT2D eigenvalue weighted by Gasteiger charge is 2.23. The maximum Gasteiger partial charge on any atom is 0.0982 e. The number of hydrogen-bond donors (Lipinski definition) is 1. The lowest BCUT2D eigenvalue weighted by atomic mass is 9.92. The third-order valence-electron chi connectivity index (χ3n) is 5.47. The van der Waals surface area contributed by atoms with Gasteiger partial charge in [-0.25, -0.2) is 4.98 Å². The van der Waals surface area contributed by atoms with Crippen molar-refractivity contribution in [3.05, 3.63) is 28.8 Å². The molecule has 3 heterocycles. The number of aromatic nitrogens is 1. The third-order valence-corrected chi connectivity index (χ3v) is 6.66. The summed E-state index contributed by atoms with van der Waals surface area (Å²) in [6.45, 7) is 5.87. The predicted octanol–water partition coefficient (Wildman–Crippen LogP) is 4.17. The minimum atomic E-state index is 0.515. The Morgan fingerprint density at radius 3 is 2.96 bits per heavy atom. The first-order chi connectivity index (χ1) is 11.2. The molecule has 2 saturated heterocycles. The van der Waals surface area contributed by atoms with Crippen molar-refractivity contribution >= 4 is 21.6 Å². The molecule has 2 fully saturated rings. The monoisotopic (exact) mass is 329 g/mol. The zero-order chi connectivity index (χ0) is 15.8. The Morgan fingerprint density at radius 2 is 2.17 bits per heavy atom. The minimum absolute atomic E-state index is 0.515. The molecule has 0 bridgehead atoms. The van der Waals surface area contributed by atoms with Crippen LogP contribution in [0, 0.1) is 5.92 Å². The lowest BCUT2D eigenvalue weighted by molar-refractivity contribution is 0.250. The van der Waals surface area contributed by atoms with Gasteiger partial charge < -0.3 is 10.2 Å². The quantitative estimate of drug-likeness (QED) is 0.896. The fourth-order valence-corrected chi connectivity index (χ4v) is 5.08. The summed E-state index contributed by atoms with van der Waals surface area (Å²) in [5, 5.41) is 5.04. The molecule has 1 unspecified atom stereocenters. The molecule has 0 radical (unpaired) electrons. The molecule has 2 aliphatic heterocycles. The molecule has 2 aliphatic rings. The Balaban J connectivity index is 1.57. The van der Waals surface area contributed by atoms with E-state index in [-0.39, 0.29) is 0 Å². The average molecular weight is 330 g/mol. The van der Waals surface area contributed by atoms with Gasteiger partial charge in [-0.1, -0.05) is 13.0 Å². The number of fused-ring (bicyclic) bond motifs is 1. The molecule has 23 heavy (non-hydrogen) atoms. The van der Waals surface area contributed by atoms with Gasteiger partial charge in [-0.2, -0.15) is 0 Å². The van der Waals surface area contributed by atoms with Gasteiger partial charge in [0, 0.05) is 18.5 Å². The van der Waals surface area contributed by atoms with Gasteiger partial charge in [0.05, 0.1) is 15.2 Å². The van der Waals surface area contributed by atoms with E-state index in [4.69, 9.17) is 4.98 Å². The molecule has 0 amide bonds.